The molecule has 6 heteroatoms. The third-order valence-electron chi connectivity index (χ3n) is 0.492. The van der Waals surface area contributed by atoms with E-state index in [1.54, 1.807) is 14.2 Å². The van der Waals surface area contributed by atoms with Crippen molar-refractivity contribution in [3.63, 3.8) is 0 Å². The largest absolute Gasteiger partial charge is 1.00 e. The Hall–Kier alpha value is 1.66. The minimum atomic E-state index is 0. The summed E-state index contributed by atoms with van der Waals surface area (Å²) in [5.74, 6) is 0. The molecule has 0 amide bonds. The van der Waals surface area contributed by atoms with Crippen molar-refractivity contribution in [2.75, 3.05) is 27.4 Å². The van der Waals surface area contributed by atoms with E-state index in [1.807, 2.05) is 0 Å². The molecule has 0 saturated carbocycles. The van der Waals surface area contributed by atoms with Crippen LogP contribution in [0.15, 0.2) is 0 Å². The van der Waals surface area contributed by atoms with Gasteiger partial charge in [0.2, 0.25) is 0 Å². The molecule has 0 N–H and O–H groups in total. The van der Waals surface area contributed by atoms with Crippen molar-refractivity contribution in [2.45, 2.75) is 0 Å². The summed E-state index contributed by atoms with van der Waals surface area (Å²) < 4.78 is 9.31. The maximum absolute atomic E-state index is 4.66. The third-order valence-corrected chi connectivity index (χ3v) is 0.492. The average molecular weight is 375 g/mol. The van der Waals surface area contributed by atoms with Crippen LogP contribution in [0.4, 0.5) is 0 Å². The van der Waals surface area contributed by atoms with E-state index in [9.17, 15) is 0 Å². The van der Waals surface area contributed by atoms with Crippen molar-refractivity contribution < 1.29 is 72.5 Å². The van der Waals surface area contributed by atoms with E-state index in [2.05, 4.69) is 9.47 Å². The van der Waals surface area contributed by atoms with E-state index >= 15 is 0 Å². The minimum Gasteiger partial charge on any atom is -1.00 e. The fourth-order valence-electron chi connectivity index (χ4n) is 0.167. The molecule has 0 aliphatic rings. The van der Waals surface area contributed by atoms with E-state index < -0.39 is 0 Å². The molecule has 0 heterocycles. The van der Waals surface area contributed by atoms with Gasteiger partial charge in [-0.25, -0.2) is 0 Å². The molecule has 0 unspecified atom stereocenters. The van der Waals surface area contributed by atoms with Crippen molar-refractivity contribution in [3.05, 3.63) is 0 Å². The maximum Gasteiger partial charge on any atom is 0.0696 e. The number of methoxy groups -OCH3 is 2. The summed E-state index contributed by atoms with van der Waals surface area (Å²) in [4.78, 5) is 0. The van der Waals surface area contributed by atoms with Crippen LogP contribution < -0.4 is 37.2 Å². The number of ether oxygens (including phenoxy) is 2. The molecule has 66 valence electrons. The molecule has 0 rings (SSSR count). The molecular formula is C4H10Cl3HfO2-3. The SMILES string of the molecule is COCCOC.[Cl-].[Cl-].[Cl-].[Hf]. The van der Waals surface area contributed by atoms with Crippen molar-refractivity contribution >= 4 is 0 Å². The first-order valence-electron chi connectivity index (χ1n) is 1.89. The van der Waals surface area contributed by atoms with Gasteiger partial charge in [0.1, 0.15) is 0 Å². The quantitative estimate of drug-likeness (QED) is 0.361. The maximum atomic E-state index is 4.66. The Balaban J connectivity index is -0.0000000208. The number of halogens is 3. The number of rotatable bonds is 3. The number of hydrogen-bond acceptors (Lipinski definition) is 2. The van der Waals surface area contributed by atoms with Crippen LogP contribution in [0.2, 0.25) is 0 Å². The molecule has 10 heavy (non-hydrogen) atoms. The summed E-state index contributed by atoms with van der Waals surface area (Å²) >= 11 is 0. The predicted molar refractivity (Wildman–Crippen MR) is 23.8 cm³/mol. The summed E-state index contributed by atoms with van der Waals surface area (Å²) in [7, 11) is 3.30. The summed E-state index contributed by atoms with van der Waals surface area (Å²) in [5.41, 5.74) is 0. The van der Waals surface area contributed by atoms with Gasteiger partial charge >= 0.3 is 0 Å². The second-order valence-electron chi connectivity index (χ2n) is 0.986. The van der Waals surface area contributed by atoms with Crippen LogP contribution in [-0.4, -0.2) is 27.4 Å². The van der Waals surface area contributed by atoms with Gasteiger partial charge in [-0.1, -0.05) is 0 Å². The Morgan fingerprint density at radius 2 is 1.00 bits per heavy atom. The molecular weight excluding hydrogens is 365 g/mol. The van der Waals surface area contributed by atoms with Crippen molar-refractivity contribution in [1.29, 1.82) is 0 Å². The van der Waals surface area contributed by atoms with E-state index in [-0.39, 0.29) is 63.1 Å². The monoisotopic (exact) mass is 375 g/mol. The van der Waals surface area contributed by atoms with Crippen LogP contribution in [-0.2, 0) is 35.3 Å². The second-order valence-corrected chi connectivity index (χ2v) is 0.986. The molecule has 2 nitrogen and oxygen atoms in total. The molecule has 0 saturated heterocycles. The van der Waals surface area contributed by atoms with E-state index in [4.69, 9.17) is 0 Å². The van der Waals surface area contributed by atoms with E-state index in [0.29, 0.717) is 13.2 Å². The van der Waals surface area contributed by atoms with Crippen molar-refractivity contribution in [2.24, 2.45) is 0 Å². The Labute approximate surface area is 99.4 Å². The summed E-state index contributed by atoms with van der Waals surface area (Å²) in [5, 5.41) is 0. The van der Waals surface area contributed by atoms with Gasteiger partial charge in [0, 0.05) is 40.1 Å². The fourth-order valence-corrected chi connectivity index (χ4v) is 0.167. The van der Waals surface area contributed by atoms with Crippen LogP contribution >= 0.6 is 0 Å². The van der Waals surface area contributed by atoms with Gasteiger partial charge < -0.3 is 46.7 Å². The topological polar surface area (TPSA) is 18.5 Å². The Morgan fingerprint density at radius 1 is 0.800 bits per heavy atom. The van der Waals surface area contributed by atoms with E-state index in [1.165, 1.54) is 0 Å². The molecule has 0 atom stereocenters. The number of hydrogen-bond donors (Lipinski definition) is 0. The van der Waals surface area contributed by atoms with Crippen molar-refractivity contribution in [3.8, 4) is 0 Å². The second kappa shape index (κ2) is 31.1. The molecule has 0 bridgehead atoms. The summed E-state index contributed by atoms with van der Waals surface area (Å²) in [6.45, 7) is 1.38. The predicted octanol–water partition coefficient (Wildman–Crippen LogP) is -8.71. The summed E-state index contributed by atoms with van der Waals surface area (Å²) in [6.07, 6.45) is 0. The van der Waals surface area contributed by atoms with Gasteiger partial charge in [-0.2, -0.15) is 0 Å². The van der Waals surface area contributed by atoms with Crippen molar-refractivity contribution in [1.82, 2.24) is 0 Å². The fraction of sp³-hybridized carbons (Fsp3) is 1.00. The van der Waals surface area contributed by atoms with Gasteiger partial charge in [0.15, 0.2) is 0 Å². The van der Waals surface area contributed by atoms with Gasteiger partial charge in [0.05, 0.1) is 13.2 Å². The molecule has 0 aromatic rings. The minimum absolute atomic E-state index is 0. The van der Waals surface area contributed by atoms with Crippen LogP contribution in [0.5, 0.6) is 0 Å². The molecule has 0 aliphatic carbocycles. The molecule has 0 aromatic heterocycles. The first-order chi connectivity index (χ1) is 2.91. The molecule has 0 fully saturated rings. The third kappa shape index (κ3) is 33.4. The smallest absolute Gasteiger partial charge is 0.0696 e. The van der Waals surface area contributed by atoms with Gasteiger partial charge in [0.25, 0.3) is 0 Å². The molecule has 0 radical (unpaired) electrons. The Morgan fingerprint density at radius 3 is 1.10 bits per heavy atom. The first kappa shape index (κ1) is 29.9. The first-order valence-corrected chi connectivity index (χ1v) is 1.89. The van der Waals surface area contributed by atoms with E-state index in [0.717, 1.165) is 0 Å². The van der Waals surface area contributed by atoms with Gasteiger partial charge in [-0.05, 0) is 0 Å². The average Bonchev–Trinajstić information content (AvgIpc) is 1.61. The van der Waals surface area contributed by atoms with Gasteiger partial charge in [-0.3, -0.25) is 0 Å². The van der Waals surface area contributed by atoms with Crippen LogP contribution in [0, 0.1) is 0 Å². The standard InChI is InChI=1S/C4H10O2.3ClH.Hf/c1-5-3-4-6-2;;;;/h3-4H2,1-2H3;3*1H;/p-3. The molecule has 0 aliphatic heterocycles. The van der Waals surface area contributed by atoms with Gasteiger partial charge in [-0.15, -0.1) is 0 Å². The zero-order chi connectivity index (χ0) is 4.83. The van der Waals surface area contributed by atoms with Crippen LogP contribution in [0.3, 0.4) is 0 Å². The summed E-state index contributed by atoms with van der Waals surface area (Å²) in [6, 6.07) is 0. The zero-order valence-electron chi connectivity index (χ0n) is 5.86. The molecule has 0 aromatic carbocycles. The van der Waals surface area contributed by atoms with Crippen LogP contribution in [0.1, 0.15) is 0 Å². The normalized spacial score (nSPS) is 5.40. The molecule has 0 spiro atoms. The van der Waals surface area contributed by atoms with Crippen LogP contribution in [0.25, 0.3) is 0 Å². The Kier molecular flexibility index (Phi) is 92.8. The Bertz CT molecular complexity index is 30.5. The zero-order valence-corrected chi connectivity index (χ0v) is 11.7.